The molecular weight excluding hydrogens is 384 g/mol. The number of rotatable bonds is 12. The molecule has 0 aliphatic carbocycles. The number of nitriles is 1. The number of methoxy groups -OCH3 is 2. The van der Waals surface area contributed by atoms with Crippen LogP contribution in [0.4, 0.5) is 0 Å². The molecule has 0 saturated carbocycles. The van der Waals surface area contributed by atoms with Crippen LogP contribution in [0.2, 0.25) is 0 Å². The lowest BCUT2D eigenvalue weighted by atomic mass is 9.69. The van der Waals surface area contributed by atoms with Crippen molar-refractivity contribution in [3.63, 3.8) is 0 Å². The SMILES string of the molecule is COc1cc(CCCNCCCC(C#N)(c2cc(C)cc(C)c2)C(C)C)cc(OC)c1. The molecular formula is C27H38N2O2. The molecule has 31 heavy (non-hydrogen) atoms. The molecule has 0 bridgehead atoms. The summed E-state index contributed by atoms with van der Waals surface area (Å²) in [7, 11) is 3.35. The fraction of sp³-hybridized carbons (Fsp3) is 0.519. The van der Waals surface area contributed by atoms with E-state index in [9.17, 15) is 5.26 Å². The molecule has 2 aromatic carbocycles. The van der Waals surface area contributed by atoms with Crippen molar-refractivity contribution in [2.24, 2.45) is 5.92 Å². The van der Waals surface area contributed by atoms with Crippen LogP contribution >= 0.6 is 0 Å². The Morgan fingerprint density at radius 2 is 1.48 bits per heavy atom. The zero-order valence-electron chi connectivity index (χ0n) is 20.0. The van der Waals surface area contributed by atoms with Crippen LogP contribution in [0.3, 0.4) is 0 Å². The summed E-state index contributed by atoms with van der Waals surface area (Å²) in [5.41, 5.74) is 4.39. The van der Waals surface area contributed by atoms with Gasteiger partial charge < -0.3 is 14.8 Å². The standard InChI is InChI=1S/C27H38N2O2/c1-20(2)27(19-28,24-14-21(3)13-22(4)15-24)10-8-12-29-11-7-9-23-16-25(30-5)18-26(17-23)31-6/h13-18,20,29H,7-12H2,1-6H3. The van der Waals surface area contributed by atoms with Gasteiger partial charge in [-0.25, -0.2) is 0 Å². The van der Waals surface area contributed by atoms with Gasteiger partial charge in [0.1, 0.15) is 11.5 Å². The molecule has 4 nitrogen and oxygen atoms in total. The fourth-order valence-electron chi connectivity index (χ4n) is 4.29. The second kappa shape index (κ2) is 11.8. The molecule has 2 aromatic rings. The Bertz CT molecular complexity index is 843. The quantitative estimate of drug-likeness (QED) is 0.443. The molecule has 1 atom stereocenters. The molecule has 168 valence electrons. The van der Waals surface area contributed by atoms with Gasteiger partial charge in [0.2, 0.25) is 0 Å². The third kappa shape index (κ3) is 6.74. The summed E-state index contributed by atoms with van der Waals surface area (Å²) in [5, 5.41) is 13.7. The normalized spacial score (nSPS) is 13.0. The Labute approximate surface area is 188 Å². The van der Waals surface area contributed by atoms with E-state index < -0.39 is 5.41 Å². The molecule has 1 unspecified atom stereocenters. The predicted octanol–water partition coefficient (Wildman–Crippen LogP) is 5.74. The Morgan fingerprint density at radius 1 is 0.903 bits per heavy atom. The summed E-state index contributed by atoms with van der Waals surface area (Å²) in [4.78, 5) is 0. The van der Waals surface area contributed by atoms with Crippen LogP contribution in [-0.2, 0) is 11.8 Å². The minimum atomic E-state index is -0.435. The Morgan fingerprint density at radius 3 is 2.00 bits per heavy atom. The minimum absolute atomic E-state index is 0.266. The number of hydrogen-bond acceptors (Lipinski definition) is 4. The summed E-state index contributed by atoms with van der Waals surface area (Å²) in [6.07, 6.45) is 3.86. The van der Waals surface area contributed by atoms with Crippen LogP contribution in [0, 0.1) is 31.1 Å². The van der Waals surface area contributed by atoms with Crippen molar-refractivity contribution in [1.29, 1.82) is 5.26 Å². The highest BCUT2D eigenvalue weighted by molar-refractivity contribution is 5.39. The van der Waals surface area contributed by atoms with E-state index in [0.29, 0.717) is 0 Å². The van der Waals surface area contributed by atoms with Crippen LogP contribution in [0.15, 0.2) is 36.4 Å². The van der Waals surface area contributed by atoms with Crippen molar-refractivity contribution in [1.82, 2.24) is 5.32 Å². The van der Waals surface area contributed by atoms with Crippen molar-refractivity contribution < 1.29 is 9.47 Å². The number of benzene rings is 2. The maximum atomic E-state index is 10.1. The highest BCUT2D eigenvalue weighted by atomic mass is 16.5. The Kier molecular flexibility index (Phi) is 9.40. The minimum Gasteiger partial charge on any atom is -0.497 e. The summed E-state index contributed by atoms with van der Waals surface area (Å²) in [5.74, 6) is 1.92. The van der Waals surface area contributed by atoms with Crippen LogP contribution < -0.4 is 14.8 Å². The van der Waals surface area contributed by atoms with Crippen molar-refractivity contribution in [2.45, 2.75) is 58.8 Å². The first kappa shape index (κ1) is 24.8. The maximum absolute atomic E-state index is 10.1. The predicted molar refractivity (Wildman–Crippen MR) is 128 cm³/mol. The molecule has 0 aliphatic rings. The van der Waals surface area contributed by atoms with Crippen LogP contribution in [-0.4, -0.2) is 27.3 Å². The largest absolute Gasteiger partial charge is 0.497 e. The van der Waals surface area contributed by atoms with Crippen molar-refractivity contribution >= 4 is 0 Å². The summed E-state index contributed by atoms with van der Waals surface area (Å²) < 4.78 is 10.7. The van der Waals surface area contributed by atoms with Gasteiger partial charge in [-0.2, -0.15) is 5.26 Å². The van der Waals surface area contributed by atoms with Gasteiger partial charge in [-0.05, 0) is 81.8 Å². The smallest absolute Gasteiger partial charge is 0.122 e. The lowest BCUT2D eigenvalue weighted by Crippen LogP contribution is -2.32. The average molecular weight is 423 g/mol. The van der Waals surface area contributed by atoms with E-state index in [4.69, 9.17) is 9.47 Å². The maximum Gasteiger partial charge on any atom is 0.122 e. The van der Waals surface area contributed by atoms with E-state index in [0.717, 1.165) is 55.8 Å². The van der Waals surface area contributed by atoms with Gasteiger partial charge in [0, 0.05) is 6.07 Å². The number of hydrogen-bond donors (Lipinski definition) is 1. The van der Waals surface area contributed by atoms with Crippen LogP contribution in [0.1, 0.15) is 55.4 Å². The monoisotopic (exact) mass is 422 g/mol. The fourth-order valence-corrected chi connectivity index (χ4v) is 4.29. The lowest BCUT2D eigenvalue weighted by Gasteiger charge is -2.32. The zero-order chi connectivity index (χ0) is 22.9. The number of aryl methyl sites for hydroxylation is 3. The topological polar surface area (TPSA) is 54.3 Å². The first-order valence-corrected chi connectivity index (χ1v) is 11.3. The molecule has 0 fully saturated rings. The summed E-state index contributed by atoms with van der Waals surface area (Å²) in [6.45, 7) is 10.4. The zero-order valence-corrected chi connectivity index (χ0v) is 20.0. The van der Waals surface area contributed by atoms with E-state index in [1.165, 1.54) is 16.7 Å². The van der Waals surface area contributed by atoms with Gasteiger partial charge in [-0.1, -0.05) is 43.2 Å². The molecule has 0 aromatic heterocycles. The van der Waals surface area contributed by atoms with E-state index in [2.05, 4.69) is 69.4 Å². The molecule has 0 saturated heterocycles. The number of nitrogens with one attached hydrogen (secondary N) is 1. The van der Waals surface area contributed by atoms with Gasteiger partial charge in [0.25, 0.3) is 0 Å². The van der Waals surface area contributed by atoms with E-state index in [1.807, 2.05) is 6.07 Å². The van der Waals surface area contributed by atoms with E-state index in [-0.39, 0.29) is 5.92 Å². The first-order valence-electron chi connectivity index (χ1n) is 11.3. The number of nitrogens with zero attached hydrogens (tertiary/aromatic N) is 1. The van der Waals surface area contributed by atoms with E-state index in [1.54, 1.807) is 14.2 Å². The van der Waals surface area contributed by atoms with Gasteiger partial charge in [0.05, 0.1) is 25.7 Å². The Balaban J connectivity index is 1.85. The van der Waals surface area contributed by atoms with E-state index >= 15 is 0 Å². The summed E-state index contributed by atoms with van der Waals surface area (Å²) in [6, 6.07) is 15.3. The average Bonchev–Trinajstić information content (AvgIpc) is 2.74. The molecule has 0 radical (unpaired) electrons. The van der Waals surface area contributed by atoms with Crippen LogP contribution in [0.5, 0.6) is 11.5 Å². The Hall–Kier alpha value is -2.51. The molecule has 0 aliphatic heterocycles. The van der Waals surface area contributed by atoms with Gasteiger partial charge in [-0.3, -0.25) is 0 Å². The van der Waals surface area contributed by atoms with Crippen molar-refractivity contribution in [3.8, 4) is 17.6 Å². The summed E-state index contributed by atoms with van der Waals surface area (Å²) >= 11 is 0. The van der Waals surface area contributed by atoms with Gasteiger partial charge in [0.15, 0.2) is 0 Å². The molecule has 0 spiro atoms. The number of ether oxygens (including phenoxy) is 2. The lowest BCUT2D eigenvalue weighted by molar-refractivity contribution is 0.356. The van der Waals surface area contributed by atoms with Gasteiger partial charge >= 0.3 is 0 Å². The highest BCUT2D eigenvalue weighted by Gasteiger charge is 2.35. The van der Waals surface area contributed by atoms with Gasteiger partial charge in [-0.15, -0.1) is 0 Å². The molecule has 4 heteroatoms. The second-order valence-electron chi connectivity index (χ2n) is 8.79. The van der Waals surface area contributed by atoms with Crippen molar-refractivity contribution in [2.75, 3.05) is 27.3 Å². The third-order valence-corrected chi connectivity index (χ3v) is 6.08. The molecule has 1 N–H and O–H groups in total. The third-order valence-electron chi connectivity index (χ3n) is 6.08. The van der Waals surface area contributed by atoms with Crippen molar-refractivity contribution in [3.05, 3.63) is 58.7 Å². The highest BCUT2D eigenvalue weighted by Crippen LogP contribution is 2.37. The first-order chi connectivity index (χ1) is 14.8. The second-order valence-corrected chi connectivity index (χ2v) is 8.79. The van der Waals surface area contributed by atoms with Crippen LogP contribution in [0.25, 0.3) is 0 Å². The molecule has 2 rings (SSSR count). The molecule has 0 amide bonds. The molecule has 0 heterocycles.